The molecule has 0 saturated heterocycles. The highest BCUT2D eigenvalue weighted by Gasteiger charge is 2.24. The van der Waals surface area contributed by atoms with Crippen molar-refractivity contribution < 1.29 is 14.6 Å². The van der Waals surface area contributed by atoms with Crippen molar-refractivity contribution in [3.63, 3.8) is 0 Å². The number of pyridine rings is 1. The Morgan fingerprint density at radius 2 is 1.65 bits per heavy atom. The number of aromatic nitrogens is 1. The number of aliphatic hydroxyl groups excluding tert-OH is 1. The number of nitrogens with zero attached hydrogens (tertiary/aromatic N) is 1. The second-order valence-corrected chi connectivity index (χ2v) is 7.45. The lowest BCUT2D eigenvalue weighted by Gasteiger charge is -2.24. The van der Waals surface area contributed by atoms with Crippen LogP contribution >= 0.6 is 0 Å². The van der Waals surface area contributed by atoms with Crippen LogP contribution in [0, 0.1) is 5.82 Å². The number of rotatable bonds is 7. The van der Waals surface area contributed by atoms with Crippen LogP contribution in [-0.4, -0.2) is 15.2 Å². The van der Waals surface area contributed by atoms with E-state index in [-0.39, 0.29) is 24.2 Å². The quantitative estimate of drug-likeness (QED) is 0.669. The summed E-state index contributed by atoms with van der Waals surface area (Å²) in [5.74, 6) is -0.230. The van der Waals surface area contributed by atoms with Gasteiger partial charge in [0.15, 0.2) is 0 Å². The molecule has 0 spiro atoms. The monoisotopic (exact) mass is 359 g/mol. The lowest BCUT2D eigenvalue weighted by molar-refractivity contribution is 0.279. The first-order valence-electron chi connectivity index (χ1n) is 9.47. The van der Waals surface area contributed by atoms with E-state index in [1.165, 1.54) is 6.07 Å². The van der Waals surface area contributed by atoms with E-state index in [1.54, 1.807) is 6.07 Å². The van der Waals surface area contributed by atoms with E-state index < -0.39 is 5.82 Å². The Bertz CT molecular complexity index is 769. The number of halogens is 1. The second kappa shape index (κ2) is 8.63. The molecule has 0 aliphatic rings. The predicted octanol–water partition coefficient (Wildman–Crippen LogP) is 5.68. The van der Waals surface area contributed by atoms with Crippen molar-refractivity contribution >= 4 is 0 Å². The fourth-order valence-electron chi connectivity index (χ4n) is 3.47. The van der Waals surface area contributed by atoms with Crippen molar-refractivity contribution in [2.45, 2.75) is 72.3 Å². The van der Waals surface area contributed by atoms with Crippen LogP contribution < -0.4 is 0 Å². The van der Waals surface area contributed by atoms with E-state index >= 15 is 0 Å². The van der Waals surface area contributed by atoms with Gasteiger partial charge in [0.1, 0.15) is 11.6 Å². The molecule has 1 aromatic carbocycles. The van der Waals surface area contributed by atoms with Crippen LogP contribution in [0.2, 0.25) is 0 Å². The summed E-state index contributed by atoms with van der Waals surface area (Å²) >= 11 is 0. The maximum Gasteiger partial charge on any atom is 0.126 e. The van der Waals surface area contributed by atoms with Crippen molar-refractivity contribution in [1.29, 1.82) is 0 Å². The van der Waals surface area contributed by atoms with Gasteiger partial charge in [-0.25, -0.2) is 4.39 Å². The summed E-state index contributed by atoms with van der Waals surface area (Å²) in [5, 5.41) is 20.6. The molecule has 142 valence electrons. The lowest BCUT2D eigenvalue weighted by Crippen LogP contribution is -2.12. The fourth-order valence-corrected chi connectivity index (χ4v) is 3.47. The first-order chi connectivity index (χ1) is 12.3. The summed E-state index contributed by atoms with van der Waals surface area (Å²) in [5.41, 5.74) is 5.01. The van der Waals surface area contributed by atoms with Crippen LogP contribution in [-0.2, 0) is 13.0 Å². The van der Waals surface area contributed by atoms with Gasteiger partial charge < -0.3 is 10.2 Å². The molecule has 0 amide bonds. The third-order valence-electron chi connectivity index (χ3n) is 4.72. The van der Waals surface area contributed by atoms with Gasteiger partial charge >= 0.3 is 0 Å². The van der Waals surface area contributed by atoms with Crippen molar-refractivity contribution in [3.8, 4) is 16.9 Å². The Balaban J connectivity index is 2.91. The predicted molar refractivity (Wildman–Crippen MR) is 104 cm³/mol. The maximum absolute atomic E-state index is 13.5. The van der Waals surface area contributed by atoms with Gasteiger partial charge in [-0.3, -0.25) is 4.98 Å². The van der Waals surface area contributed by atoms with Crippen LogP contribution in [0.4, 0.5) is 4.39 Å². The molecule has 1 heterocycles. The van der Waals surface area contributed by atoms with E-state index in [1.807, 2.05) is 13.8 Å². The SMILES string of the molecule is CCCCc1c(C(C)C)nc(C(C)C)c(CO)c1-c1ccc(F)cc1O. The first kappa shape index (κ1) is 20.4. The van der Waals surface area contributed by atoms with Gasteiger partial charge in [0, 0.05) is 28.6 Å². The van der Waals surface area contributed by atoms with E-state index in [4.69, 9.17) is 4.98 Å². The number of hydrogen-bond donors (Lipinski definition) is 2. The highest BCUT2D eigenvalue weighted by Crippen LogP contribution is 2.40. The highest BCUT2D eigenvalue weighted by molar-refractivity contribution is 5.77. The minimum atomic E-state index is -0.478. The van der Waals surface area contributed by atoms with E-state index in [9.17, 15) is 14.6 Å². The highest BCUT2D eigenvalue weighted by atomic mass is 19.1. The summed E-state index contributed by atoms with van der Waals surface area (Å²) in [6, 6.07) is 4.08. The molecule has 26 heavy (non-hydrogen) atoms. The van der Waals surface area contributed by atoms with E-state index in [0.29, 0.717) is 5.56 Å². The summed E-state index contributed by atoms with van der Waals surface area (Å²) in [7, 11) is 0. The first-order valence-corrected chi connectivity index (χ1v) is 9.47. The number of hydrogen-bond acceptors (Lipinski definition) is 3. The summed E-state index contributed by atoms with van der Waals surface area (Å²) in [6.07, 6.45) is 2.84. The largest absolute Gasteiger partial charge is 0.507 e. The Morgan fingerprint density at radius 3 is 2.15 bits per heavy atom. The zero-order chi connectivity index (χ0) is 19.4. The molecule has 0 unspecified atom stereocenters. The third-order valence-corrected chi connectivity index (χ3v) is 4.72. The molecule has 4 heteroatoms. The summed E-state index contributed by atoms with van der Waals surface area (Å²) in [6.45, 7) is 10.3. The van der Waals surface area contributed by atoms with Crippen LogP contribution in [0.1, 0.15) is 81.8 Å². The Hall–Kier alpha value is -1.94. The third kappa shape index (κ3) is 4.07. The minimum absolute atomic E-state index is 0.104. The molecule has 0 saturated carbocycles. The van der Waals surface area contributed by atoms with Gasteiger partial charge in [-0.1, -0.05) is 41.0 Å². The normalized spacial score (nSPS) is 11.6. The molecule has 2 aromatic rings. The zero-order valence-corrected chi connectivity index (χ0v) is 16.4. The van der Waals surface area contributed by atoms with Crippen molar-refractivity contribution in [3.05, 3.63) is 46.5 Å². The molecule has 3 nitrogen and oxygen atoms in total. The number of aromatic hydroxyl groups is 1. The Labute approximate surface area is 155 Å². The molecule has 0 aliphatic carbocycles. The number of phenols is 1. The Kier molecular flexibility index (Phi) is 6.76. The molecule has 0 fully saturated rings. The topological polar surface area (TPSA) is 53.4 Å². The molecule has 2 N–H and O–H groups in total. The van der Waals surface area contributed by atoms with Gasteiger partial charge in [-0.05, 0) is 47.9 Å². The number of aliphatic hydroxyl groups is 1. The van der Waals surface area contributed by atoms with Gasteiger partial charge in [0.25, 0.3) is 0 Å². The summed E-state index contributed by atoms with van der Waals surface area (Å²) < 4.78 is 13.5. The Morgan fingerprint density at radius 1 is 1.04 bits per heavy atom. The van der Waals surface area contributed by atoms with Gasteiger partial charge in [-0.15, -0.1) is 0 Å². The molecule has 0 radical (unpaired) electrons. The molecule has 2 rings (SSSR count). The van der Waals surface area contributed by atoms with Gasteiger partial charge in [-0.2, -0.15) is 0 Å². The number of benzene rings is 1. The van der Waals surface area contributed by atoms with Gasteiger partial charge in [0.05, 0.1) is 6.61 Å². The average Bonchev–Trinajstić information content (AvgIpc) is 2.58. The van der Waals surface area contributed by atoms with Crippen molar-refractivity contribution in [1.82, 2.24) is 4.98 Å². The van der Waals surface area contributed by atoms with Crippen LogP contribution in [0.3, 0.4) is 0 Å². The number of phenolic OH excluding ortho intramolecular Hbond substituents is 1. The van der Waals surface area contributed by atoms with Crippen LogP contribution in [0.5, 0.6) is 5.75 Å². The summed E-state index contributed by atoms with van der Waals surface area (Å²) in [4.78, 5) is 4.91. The minimum Gasteiger partial charge on any atom is -0.507 e. The second-order valence-electron chi connectivity index (χ2n) is 7.45. The van der Waals surface area contributed by atoms with Gasteiger partial charge in [0.2, 0.25) is 0 Å². The van der Waals surface area contributed by atoms with Crippen molar-refractivity contribution in [2.75, 3.05) is 0 Å². The lowest BCUT2D eigenvalue weighted by atomic mass is 9.85. The van der Waals surface area contributed by atoms with Crippen LogP contribution in [0.25, 0.3) is 11.1 Å². The average molecular weight is 359 g/mol. The smallest absolute Gasteiger partial charge is 0.126 e. The number of unbranched alkanes of at least 4 members (excludes halogenated alkanes) is 1. The standard InChI is InChI=1S/C22H30FNO2/c1-6-7-8-17-20(16-10-9-15(23)11-19(16)26)18(12-25)22(14(4)5)24-21(17)13(2)3/h9-11,13-14,25-26H,6-8,12H2,1-5H3. The molecule has 1 aromatic heterocycles. The van der Waals surface area contributed by atoms with Crippen LogP contribution in [0.15, 0.2) is 18.2 Å². The van der Waals surface area contributed by atoms with E-state index in [0.717, 1.165) is 53.4 Å². The molecule has 0 bridgehead atoms. The molecular weight excluding hydrogens is 329 g/mol. The van der Waals surface area contributed by atoms with Crippen molar-refractivity contribution in [2.24, 2.45) is 0 Å². The van der Waals surface area contributed by atoms with E-state index in [2.05, 4.69) is 20.8 Å². The molecule has 0 atom stereocenters. The maximum atomic E-state index is 13.5. The zero-order valence-electron chi connectivity index (χ0n) is 16.4. The fraction of sp³-hybridized carbons (Fsp3) is 0.500. The molecule has 0 aliphatic heterocycles. The molecular formula is C22H30FNO2.